The van der Waals surface area contributed by atoms with Crippen LogP contribution in [0.5, 0.6) is 0 Å². The Morgan fingerprint density at radius 3 is 2.70 bits per heavy atom. The summed E-state index contributed by atoms with van der Waals surface area (Å²) >= 11 is 11.9. The van der Waals surface area contributed by atoms with Crippen LogP contribution in [0.1, 0.15) is 10.5 Å². The maximum absolute atomic E-state index is 12.2. The Morgan fingerprint density at radius 2 is 2.00 bits per heavy atom. The molecule has 3 rings (SSSR count). The molecule has 0 aliphatic carbocycles. The molecular formula is C15H12Cl2N4O2. The van der Waals surface area contributed by atoms with Gasteiger partial charge in [0, 0.05) is 30.5 Å². The van der Waals surface area contributed by atoms with Crippen molar-refractivity contribution >= 4 is 40.7 Å². The first-order valence-electron chi connectivity index (χ1n) is 6.86. The highest BCUT2D eigenvalue weighted by Gasteiger charge is 2.36. The fourth-order valence-electron chi connectivity index (χ4n) is 2.21. The van der Waals surface area contributed by atoms with E-state index in [1.807, 2.05) is 0 Å². The minimum absolute atomic E-state index is 0.197. The molecule has 1 aliphatic rings. The SMILES string of the molecule is O=C(Nc1cc(Cl)ccc1Cl)C1CN(C(=O)c2cnccn2)C1. The second-order valence-corrected chi connectivity index (χ2v) is 5.95. The molecule has 23 heavy (non-hydrogen) atoms. The summed E-state index contributed by atoms with van der Waals surface area (Å²) in [6.45, 7) is 0.666. The molecule has 2 heterocycles. The largest absolute Gasteiger partial charge is 0.336 e. The Morgan fingerprint density at radius 1 is 1.22 bits per heavy atom. The average Bonchev–Trinajstić information content (AvgIpc) is 2.50. The fraction of sp³-hybridized carbons (Fsp3) is 0.200. The number of halogens is 2. The number of aromatic nitrogens is 2. The van der Waals surface area contributed by atoms with Crippen LogP contribution in [0.25, 0.3) is 0 Å². The zero-order chi connectivity index (χ0) is 16.4. The molecule has 1 aromatic carbocycles. The summed E-state index contributed by atoms with van der Waals surface area (Å²) < 4.78 is 0. The second kappa shape index (κ2) is 6.52. The van der Waals surface area contributed by atoms with Gasteiger partial charge in [-0.2, -0.15) is 0 Å². The van der Waals surface area contributed by atoms with E-state index in [4.69, 9.17) is 23.2 Å². The highest BCUT2D eigenvalue weighted by atomic mass is 35.5. The van der Waals surface area contributed by atoms with Crippen LogP contribution in [0.2, 0.25) is 10.0 Å². The van der Waals surface area contributed by atoms with Crippen LogP contribution in [0.3, 0.4) is 0 Å². The van der Waals surface area contributed by atoms with E-state index in [-0.39, 0.29) is 23.4 Å². The van der Waals surface area contributed by atoms with Gasteiger partial charge in [-0.05, 0) is 18.2 Å². The summed E-state index contributed by atoms with van der Waals surface area (Å²) in [5, 5.41) is 3.63. The number of hydrogen-bond acceptors (Lipinski definition) is 4. The van der Waals surface area contributed by atoms with E-state index in [0.717, 1.165) is 0 Å². The third-order valence-electron chi connectivity index (χ3n) is 3.51. The summed E-state index contributed by atoms with van der Waals surface area (Å²) in [6.07, 6.45) is 4.36. The van der Waals surface area contributed by atoms with Crippen molar-refractivity contribution < 1.29 is 9.59 Å². The summed E-state index contributed by atoms with van der Waals surface area (Å²) in [7, 11) is 0. The van der Waals surface area contributed by atoms with Crippen LogP contribution in [-0.4, -0.2) is 39.8 Å². The van der Waals surface area contributed by atoms with Gasteiger partial charge < -0.3 is 10.2 Å². The quantitative estimate of drug-likeness (QED) is 0.922. The molecule has 8 heteroatoms. The minimum atomic E-state index is -0.286. The number of carbonyl (C=O) groups is 2. The van der Waals surface area contributed by atoms with E-state index in [2.05, 4.69) is 15.3 Å². The molecule has 0 saturated carbocycles. The lowest BCUT2D eigenvalue weighted by Gasteiger charge is -2.37. The van der Waals surface area contributed by atoms with Crippen molar-refractivity contribution in [3.63, 3.8) is 0 Å². The first-order valence-corrected chi connectivity index (χ1v) is 7.61. The van der Waals surface area contributed by atoms with Gasteiger partial charge in [0.15, 0.2) is 0 Å². The molecule has 0 bridgehead atoms. The Kier molecular flexibility index (Phi) is 4.45. The second-order valence-electron chi connectivity index (χ2n) is 5.11. The minimum Gasteiger partial charge on any atom is -0.336 e. The number of amides is 2. The summed E-state index contributed by atoms with van der Waals surface area (Å²) in [4.78, 5) is 33.7. The predicted octanol–water partition coefficient (Wildman–Crippen LogP) is 2.49. The molecule has 0 spiro atoms. The molecule has 0 radical (unpaired) electrons. The zero-order valence-corrected chi connectivity index (χ0v) is 13.4. The molecule has 2 aromatic rings. The van der Waals surface area contributed by atoms with E-state index in [0.29, 0.717) is 28.8 Å². The topological polar surface area (TPSA) is 75.2 Å². The van der Waals surface area contributed by atoms with Gasteiger partial charge in [0.1, 0.15) is 5.69 Å². The van der Waals surface area contributed by atoms with Gasteiger partial charge in [-0.25, -0.2) is 4.98 Å². The lowest BCUT2D eigenvalue weighted by Crippen LogP contribution is -2.54. The molecule has 0 atom stereocenters. The fourth-order valence-corrected chi connectivity index (χ4v) is 2.55. The first kappa shape index (κ1) is 15.7. The molecule has 1 N–H and O–H groups in total. The van der Waals surface area contributed by atoms with Crippen LogP contribution in [0, 0.1) is 5.92 Å². The van der Waals surface area contributed by atoms with Gasteiger partial charge in [0.05, 0.1) is 22.8 Å². The van der Waals surface area contributed by atoms with Crippen LogP contribution in [0.15, 0.2) is 36.8 Å². The van der Waals surface area contributed by atoms with Gasteiger partial charge in [-0.15, -0.1) is 0 Å². The van der Waals surface area contributed by atoms with Crippen LogP contribution >= 0.6 is 23.2 Å². The number of likely N-dealkylation sites (tertiary alicyclic amines) is 1. The van der Waals surface area contributed by atoms with Gasteiger partial charge >= 0.3 is 0 Å². The molecule has 6 nitrogen and oxygen atoms in total. The van der Waals surface area contributed by atoms with E-state index >= 15 is 0 Å². The Balaban J connectivity index is 1.58. The molecule has 2 amide bonds. The van der Waals surface area contributed by atoms with Crippen molar-refractivity contribution in [2.75, 3.05) is 18.4 Å². The van der Waals surface area contributed by atoms with Crippen molar-refractivity contribution in [2.45, 2.75) is 0 Å². The van der Waals surface area contributed by atoms with Crippen LogP contribution in [0.4, 0.5) is 5.69 Å². The highest BCUT2D eigenvalue weighted by Crippen LogP contribution is 2.27. The predicted molar refractivity (Wildman–Crippen MR) is 86.5 cm³/mol. The summed E-state index contributed by atoms with van der Waals surface area (Å²) in [5.41, 5.74) is 0.729. The number of nitrogens with zero attached hydrogens (tertiary/aromatic N) is 3. The van der Waals surface area contributed by atoms with Crippen molar-refractivity contribution in [1.29, 1.82) is 0 Å². The standard InChI is InChI=1S/C15H12Cl2N4O2/c16-10-1-2-11(17)12(5-10)20-14(22)9-7-21(8-9)15(23)13-6-18-3-4-19-13/h1-6,9H,7-8H2,(H,20,22). The molecular weight excluding hydrogens is 339 g/mol. The maximum atomic E-state index is 12.2. The Labute approximate surface area is 142 Å². The molecule has 118 valence electrons. The smallest absolute Gasteiger partial charge is 0.274 e. The number of nitrogens with one attached hydrogen (secondary N) is 1. The molecule has 1 fully saturated rings. The normalized spacial score (nSPS) is 14.3. The molecule has 1 aliphatic heterocycles. The van der Waals surface area contributed by atoms with E-state index in [1.54, 1.807) is 23.1 Å². The number of benzene rings is 1. The van der Waals surface area contributed by atoms with Gasteiger partial charge in [0.25, 0.3) is 5.91 Å². The third-order valence-corrected chi connectivity index (χ3v) is 4.07. The van der Waals surface area contributed by atoms with Crippen molar-refractivity contribution in [3.05, 3.63) is 52.5 Å². The van der Waals surface area contributed by atoms with Gasteiger partial charge in [-0.3, -0.25) is 14.6 Å². The molecule has 0 unspecified atom stereocenters. The van der Waals surface area contributed by atoms with Crippen LogP contribution < -0.4 is 5.32 Å². The summed E-state index contributed by atoms with van der Waals surface area (Å²) in [6, 6.07) is 4.84. The zero-order valence-electron chi connectivity index (χ0n) is 11.9. The summed E-state index contributed by atoms with van der Waals surface area (Å²) in [5.74, 6) is -0.717. The Hall–Kier alpha value is -2.18. The molecule has 1 saturated heterocycles. The van der Waals surface area contributed by atoms with E-state index in [1.165, 1.54) is 18.6 Å². The third kappa shape index (κ3) is 3.43. The monoisotopic (exact) mass is 350 g/mol. The molecule has 1 aromatic heterocycles. The highest BCUT2D eigenvalue weighted by molar-refractivity contribution is 6.35. The number of anilines is 1. The first-order chi connectivity index (χ1) is 11.0. The number of carbonyl (C=O) groups excluding carboxylic acids is 2. The van der Waals surface area contributed by atoms with Crippen molar-refractivity contribution in [3.8, 4) is 0 Å². The van der Waals surface area contributed by atoms with E-state index < -0.39 is 0 Å². The number of hydrogen-bond donors (Lipinski definition) is 1. The van der Waals surface area contributed by atoms with Crippen molar-refractivity contribution in [1.82, 2.24) is 14.9 Å². The number of rotatable bonds is 3. The van der Waals surface area contributed by atoms with Crippen molar-refractivity contribution in [2.24, 2.45) is 5.92 Å². The average molecular weight is 351 g/mol. The van der Waals surface area contributed by atoms with Gasteiger partial charge in [-0.1, -0.05) is 23.2 Å². The lowest BCUT2D eigenvalue weighted by molar-refractivity contribution is -0.123. The van der Waals surface area contributed by atoms with E-state index in [9.17, 15) is 9.59 Å². The Bertz CT molecular complexity index is 748. The van der Waals surface area contributed by atoms with Gasteiger partial charge in [0.2, 0.25) is 5.91 Å². The van der Waals surface area contributed by atoms with Crippen LogP contribution in [-0.2, 0) is 4.79 Å². The maximum Gasteiger partial charge on any atom is 0.274 e. The lowest BCUT2D eigenvalue weighted by atomic mass is 9.98.